The number of carbonyl (C=O) groups is 3. The SMILES string of the molecule is C=CC(=O)OCCCCCCOc1ccc(COOc2ccc(/C=N/N=C/c3ccc(OC(=O)c4ccc(OCCCCCCOC(=O)C=C)c(OC)c4)cc3)cc2)cc1OC. The monoisotopic (exact) mass is 850 g/mol. The van der Waals surface area contributed by atoms with Gasteiger partial charge in [0, 0.05) is 12.2 Å². The molecule has 0 bridgehead atoms. The van der Waals surface area contributed by atoms with Crippen molar-refractivity contribution in [1.82, 2.24) is 0 Å². The van der Waals surface area contributed by atoms with E-state index >= 15 is 0 Å². The highest BCUT2D eigenvalue weighted by molar-refractivity contribution is 5.92. The van der Waals surface area contributed by atoms with Crippen molar-refractivity contribution in [2.45, 2.75) is 58.0 Å². The number of methoxy groups -OCH3 is 2. The minimum Gasteiger partial charge on any atom is -0.493 e. The number of hydrogen-bond donors (Lipinski definition) is 0. The lowest BCUT2D eigenvalue weighted by atomic mass is 10.2. The van der Waals surface area contributed by atoms with Gasteiger partial charge in [-0.3, -0.25) is 0 Å². The van der Waals surface area contributed by atoms with E-state index in [1.54, 1.807) is 74.1 Å². The summed E-state index contributed by atoms with van der Waals surface area (Å²) in [5, 5.41) is 8.25. The molecule has 14 heteroatoms. The molecule has 0 aliphatic carbocycles. The molecule has 4 rings (SSSR count). The van der Waals surface area contributed by atoms with Crippen LogP contribution < -0.4 is 28.6 Å². The van der Waals surface area contributed by atoms with Crippen LogP contribution >= 0.6 is 0 Å². The maximum Gasteiger partial charge on any atom is 0.343 e. The average molecular weight is 851 g/mol. The van der Waals surface area contributed by atoms with Gasteiger partial charge in [0.2, 0.25) is 0 Å². The van der Waals surface area contributed by atoms with Gasteiger partial charge in [-0.15, -0.1) is 0 Å². The zero-order valence-corrected chi connectivity index (χ0v) is 35.3. The molecule has 0 radical (unpaired) electrons. The average Bonchev–Trinajstić information content (AvgIpc) is 3.30. The van der Waals surface area contributed by atoms with Crippen LogP contribution in [0.25, 0.3) is 0 Å². The number of ether oxygens (including phenoxy) is 7. The van der Waals surface area contributed by atoms with Crippen LogP contribution in [0.5, 0.6) is 34.5 Å². The molecule has 14 nitrogen and oxygen atoms in total. The zero-order chi connectivity index (χ0) is 44.2. The number of hydrogen-bond acceptors (Lipinski definition) is 14. The highest BCUT2D eigenvalue weighted by Crippen LogP contribution is 2.30. The maximum absolute atomic E-state index is 12.9. The summed E-state index contributed by atoms with van der Waals surface area (Å²) in [5.74, 6) is 1.73. The van der Waals surface area contributed by atoms with Gasteiger partial charge in [0.05, 0.1) is 58.6 Å². The van der Waals surface area contributed by atoms with Crippen LogP contribution in [-0.4, -0.2) is 71.0 Å². The molecule has 0 aromatic heterocycles. The smallest absolute Gasteiger partial charge is 0.343 e. The van der Waals surface area contributed by atoms with Crippen molar-refractivity contribution in [3.8, 4) is 34.5 Å². The molecule has 0 aliphatic rings. The molecular formula is C48H54N2O12. The Morgan fingerprint density at radius 2 is 1.03 bits per heavy atom. The summed E-state index contributed by atoms with van der Waals surface area (Å²) in [7, 11) is 3.10. The topological polar surface area (TPSA) is 159 Å². The van der Waals surface area contributed by atoms with E-state index in [-0.39, 0.29) is 6.61 Å². The normalized spacial score (nSPS) is 10.9. The summed E-state index contributed by atoms with van der Waals surface area (Å²) in [6.45, 7) is 8.73. The minimum absolute atomic E-state index is 0.191. The zero-order valence-electron chi connectivity index (χ0n) is 35.3. The van der Waals surface area contributed by atoms with Gasteiger partial charge in [-0.25, -0.2) is 14.4 Å². The molecule has 0 saturated carbocycles. The van der Waals surface area contributed by atoms with Crippen LogP contribution in [-0.2, 0) is 30.6 Å². The van der Waals surface area contributed by atoms with Gasteiger partial charge in [-0.2, -0.15) is 15.1 Å². The third-order valence-corrected chi connectivity index (χ3v) is 8.87. The van der Waals surface area contributed by atoms with Crippen molar-refractivity contribution in [3.05, 3.63) is 132 Å². The van der Waals surface area contributed by atoms with E-state index in [1.165, 1.54) is 7.11 Å². The molecule has 0 saturated heterocycles. The van der Waals surface area contributed by atoms with Gasteiger partial charge in [0.15, 0.2) is 28.7 Å². The highest BCUT2D eigenvalue weighted by Gasteiger charge is 2.14. The van der Waals surface area contributed by atoms with Crippen LogP contribution in [0.3, 0.4) is 0 Å². The molecule has 4 aromatic rings. The molecule has 0 fully saturated rings. The molecular weight excluding hydrogens is 797 g/mol. The molecule has 0 unspecified atom stereocenters. The molecule has 0 aliphatic heterocycles. The number of carbonyl (C=O) groups excluding carboxylic acids is 3. The summed E-state index contributed by atoms with van der Waals surface area (Å²) >= 11 is 0. The van der Waals surface area contributed by atoms with Crippen molar-refractivity contribution in [2.75, 3.05) is 40.6 Å². The first-order valence-electron chi connectivity index (χ1n) is 20.3. The fourth-order valence-electron chi connectivity index (χ4n) is 5.54. The Kier molecular flexibility index (Phi) is 21.4. The summed E-state index contributed by atoms with van der Waals surface area (Å²) < 4.78 is 38.2. The second-order valence-corrected chi connectivity index (χ2v) is 13.5. The summed E-state index contributed by atoms with van der Waals surface area (Å²) in [5.41, 5.74) is 2.72. The fraction of sp³-hybridized carbons (Fsp3) is 0.312. The summed E-state index contributed by atoms with van der Waals surface area (Å²) in [4.78, 5) is 46.0. The van der Waals surface area contributed by atoms with Gasteiger partial charge >= 0.3 is 17.9 Å². The first kappa shape index (κ1) is 47.7. The van der Waals surface area contributed by atoms with Gasteiger partial charge in [0.1, 0.15) is 12.4 Å². The predicted molar refractivity (Wildman–Crippen MR) is 235 cm³/mol. The van der Waals surface area contributed by atoms with Crippen LogP contribution in [0.4, 0.5) is 0 Å². The van der Waals surface area contributed by atoms with Crippen molar-refractivity contribution >= 4 is 30.3 Å². The second-order valence-electron chi connectivity index (χ2n) is 13.5. The van der Waals surface area contributed by atoms with Crippen molar-refractivity contribution in [2.24, 2.45) is 10.2 Å². The predicted octanol–water partition coefficient (Wildman–Crippen LogP) is 9.22. The first-order chi connectivity index (χ1) is 30.3. The number of esters is 3. The Labute approximate surface area is 362 Å². The Bertz CT molecular complexity index is 2080. The molecule has 0 N–H and O–H groups in total. The molecule has 0 spiro atoms. The van der Waals surface area contributed by atoms with E-state index in [0.717, 1.165) is 80.2 Å². The van der Waals surface area contributed by atoms with Crippen LogP contribution in [0.2, 0.25) is 0 Å². The molecule has 0 atom stereocenters. The summed E-state index contributed by atoms with van der Waals surface area (Å²) in [6, 6.07) is 24.5. The van der Waals surface area contributed by atoms with Crippen molar-refractivity contribution in [1.29, 1.82) is 0 Å². The van der Waals surface area contributed by atoms with Crippen molar-refractivity contribution in [3.63, 3.8) is 0 Å². The largest absolute Gasteiger partial charge is 0.493 e. The first-order valence-corrected chi connectivity index (χ1v) is 20.3. The van der Waals surface area contributed by atoms with E-state index in [2.05, 4.69) is 23.4 Å². The number of unbranched alkanes of at least 4 members (excludes halogenated alkanes) is 6. The highest BCUT2D eigenvalue weighted by atomic mass is 17.2. The Hall–Kier alpha value is -6.93. The maximum atomic E-state index is 12.9. The second kappa shape index (κ2) is 27.8. The van der Waals surface area contributed by atoms with E-state index < -0.39 is 17.9 Å². The number of benzene rings is 4. The molecule has 328 valence electrons. The van der Waals surface area contributed by atoms with Gasteiger partial charge < -0.3 is 38.0 Å². The number of nitrogens with zero attached hydrogens (tertiary/aromatic N) is 2. The lowest BCUT2D eigenvalue weighted by Gasteiger charge is -2.12. The number of rotatable bonds is 29. The molecule has 4 aromatic carbocycles. The minimum atomic E-state index is -0.541. The van der Waals surface area contributed by atoms with E-state index in [1.807, 2.05) is 30.3 Å². The quantitative estimate of drug-likeness (QED) is 0.00971. The fourth-order valence-corrected chi connectivity index (χ4v) is 5.54. The standard InChI is InChI=1S/C48H54N2O12/c1-5-46(51)58-29-13-9-7-11-27-56-42-25-19-38(31-44(42)54-3)35-60-62-41-23-17-37(18-24-41)34-50-49-33-36-15-21-40(22-16-36)61-48(53)39-20-26-43(45(32-39)55-4)57-28-12-8-10-14-30-59-47(52)6-2/h5-6,15-26,31-34H,1-2,7-14,27-30,35H2,3-4H3/b49-33+,50-34+. The van der Waals surface area contributed by atoms with Crippen LogP contribution in [0.1, 0.15) is 78.4 Å². The van der Waals surface area contributed by atoms with Gasteiger partial charge in [-0.05, 0) is 147 Å². The van der Waals surface area contributed by atoms with Crippen LogP contribution in [0.15, 0.2) is 120 Å². The van der Waals surface area contributed by atoms with Crippen LogP contribution in [0, 0.1) is 0 Å². The molecule has 62 heavy (non-hydrogen) atoms. The molecule has 0 heterocycles. The lowest BCUT2D eigenvalue weighted by molar-refractivity contribution is -0.217. The van der Waals surface area contributed by atoms with E-state index in [9.17, 15) is 14.4 Å². The van der Waals surface area contributed by atoms with Gasteiger partial charge in [0.25, 0.3) is 0 Å². The van der Waals surface area contributed by atoms with Crippen molar-refractivity contribution < 1.29 is 57.3 Å². The third kappa shape index (κ3) is 17.7. The van der Waals surface area contributed by atoms with E-state index in [4.69, 9.17) is 42.9 Å². The lowest BCUT2D eigenvalue weighted by Crippen LogP contribution is -2.09. The Morgan fingerprint density at radius 3 is 1.55 bits per heavy atom. The Morgan fingerprint density at radius 1 is 0.548 bits per heavy atom. The third-order valence-electron chi connectivity index (χ3n) is 8.87. The molecule has 0 amide bonds. The van der Waals surface area contributed by atoms with E-state index in [0.29, 0.717) is 66.5 Å². The summed E-state index contributed by atoms with van der Waals surface area (Å²) in [6.07, 6.45) is 12.5. The Balaban J connectivity index is 1.13. The van der Waals surface area contributed by atoms with Gasteiger partial charge in [-0.1, -0.05) is 19.2 Å².